The van der Waals surface area contributed by atoms with Crippen LogP contribution < -0.4 is 11.3 Å². The summed E-state index contributed by atoms with van der Waals surface area (Å²) in [6, 6.07) is 0.0650. The van der Waals surface area contributed by atoms with Crippen molar-refractivity contribution in [2.75, 3.05) is 18.6 Å². The van der Waals surface area contributed by atoms with E-state index in [9.17, 15) is 8.42 Å². The van der Waals surface area contributed by atoms with Crippen molar-refractivity contribution < 1.29 is 13.2 Å². The largest absolute Gasteiger partial charge is 0.378 e. The van der Waals surface area contributed by atoms with Crippen molar-refractivity contribution in [3.05, 3.63) is 0 Å². The van der Waals surface area contributed by atoms with Gasteiger partial charge in [-0.2, -0.15) is 0 Å². The maximum absolute atomic E-state index is 11.1. The molecule has 3 N–H and O–H groups in total. The first kappa shape index (κ1) is 14.9. The third-order valence-electron chi connectivity index (χ3n) is 3.18. The van der Waals surface area contributed by atoms with E-state index in [2.05, 4.69) is 5.43 Å². The first-order valence-corrected chi connectivity index (χ1v) is 8.33. The van der Waals surface area contributed by atoms with Crippen LogP contribution in [-0.4, -0.2) is 39.2 Å². The highest BCUT2D eigenvalue weighted by molar-refractivity contribution is 7.90. The Hall–Kier alpha value is -0.170. The Labute approximate surface area is 104 Å². The van der Waals surface area contributed by atoms with Gasteiger partial charge < -0.3 is 4.74 Å². The maximum atomic E-state index is 11.1. The van der Waals surface area contributed by atoms with Gasteiger partial charge >= 0.3 is 0 Å². The molecule has 1 saturated heterocycles. The van der Waals surface area contributed by atoms with Crippen LogP contribution in [0.1, 0.15) is 38.5 Å². The minimum atomic E-state index is -2.90. The summed E-state index contributed by atoms with van der Waals surface area (Å²) in [5, 5.41) is 0. The summed E-state index contributed by atoms with van der Waals surface area (Å²) in [5.41, 5.74) is 2.69. The lowest BCUT2D eigenvalue weighted by atomic mass is 10.0. The van der Waals surface area contributed by atoms with E-state index in [0.29, 0.717) is 12.5 Å². The van der Waals surface area contributed by atoms with Crippen LogP contribution in [0.25, 0.3) is 0 Å². The monoisotopic (exact) mass is 264 g/mol. The molecule has 0 bridgehead atoms. The zero-order chi connectivity index (χ0) is 12.7. The Morgan fingerprint density at radius 3 is 2.71 bits per heavy atom. The second-order valence-electron chi connectivity index (χ2n) is 4.85. The van der Waals surface area contributed by atoms with Crippen molar-refractivity contribution in [1.29, 1.82) is 0 Å². The number of hydrazine groups is 1. The van der Waals surface area contributed by atoms with Gasteiger partial charge in [0, 0.05) is 18.9 Å². The standard InChI is InChI=1S/C11H24N2O3S/c1-17(14,15)9-7-10(13-12)5-6-11-4-2-3-8-16-11/h10-11,13H,2-9,12H2,1H3. The molecule has 0 aliphatic carbocycles. The highest BCUT2D eigenvalue weighted by atomic mass is 32.2. The summed E-state index contributed by atoms with van der Waals surface area (Å²) >= 11 is 0. The molecule has 102 valence electrons. The fraction of sp³-hybridized carbons (Fsp3) is 1.00. The van der Waals surface area contributed by atoms with E-state index >= 15 is 0 Å². The predicted octanol–water partition coefficient (Wildman–Crippen LogP) is 0.602. The minimum Gasteiger partial charge on any atom is -0.378 e. The first-order chi connectivity index (χ1) is 8.01. The Morgan fingerprint density at radius 2 is 2.18 bits per heavy atom. The molecule has 0 radical (unpaired) electrons. The van der Waals surface area contributed by atoms with Gasteiger partial charge in [0.2, 0.25) is 0 Å². The van der Waals surface area contributed by atoms with Crippen molar-refractivity contribution in [2.24, 2.45) is 5.84 Å². The fourth-order valence-corrected chi connectivity index (χ4v) is 2.80. The topological polar surface area (TPSA) is 81.4 Å². The summed E-state index contributed by atoms with van der Waals surface area (Å²) in [6.45, 7) is 0.856. The Balaban J connectivity index is 2.21. The van der Waals surface area contributed by atoms with Crippen molar-refractivity contribution >= 4 is 9.84 Å². The minimum absolute atomic E-state index is 0.0650. The molecule has 2 atom stereocenters. The van der Waals surface area contributed by atoms with Crippen molar-refractivity contribution in [1.82, 2.24) is 5.43 Å². The molecule has 0 spiro atoms. The van der Waals surface area contributed by atoms with E-state index in [-0.39, 0.29) is 11.8 Å². The van der Waals surface area contributed by atoms with E-state index < -0.39 is 9.84 Å². The van der Waals surface area contributed by atoms with Crippen LogP contribution in [0.3, 0.4) is 0 Å². The molecular formula is C11H24N2O3S. The molecule has 1 aliphatic rings. The molecule has 2 unspecified atom stereocenters. The molecule has 0 amide bonds. The molecule has 0 aromatic heterocycles. The van der Waals surface area contributed by atoms with Gasteiger partial charge in [-0.05, 0) is 38.5 Å². The van der Waals surface area contributed by atoms with E-state index in [4.69, 9.17) is 10.6 Å². The first-order valence-electron chi connectivity index (χ1n) is 6.26. The molecule has 0 saturated carbocycles. The van der Waals surface area contributed by atoms with E-state index in [1.807, 2.05) is 0 Å². The number of hydrogen-bond acceptors (Lipinski definition) is 5. The van der Waals surface area contributed by atoms with E-state index in [1.165, 1.54) is 12.7 Å². The van der Waals surface area contributed by atoms with Crippen LogP contribution >= 0.6 is 0 Å². The average Bonchev–Trinajstić information content (AvgIpc) is 2.29. The number of ether oxygens (including phenoxy) is 1. The van der Waals surface area contributed by atoms with Gasteiger partial charge in [-0.1, -0.05) is 0 Å². The molecule has 0 aromatic rings. The molecule has 1 rings (SSSR count). The van der Waals surface area contributed by atoms with Gasteiger partial charge in [0.25, 0.3) is 0 Å². The lowest BCUT2D eigenvalue weighted by molar-refractivity contribution is 0.00854. The summed E-state index contributed by atoms with van der Waals surface area (Å²) in [5.74, 6) is 5.62. The molecule has 1 aliphatic heterocycles. The zero-order valence-corrected chi connectivity index (χ0v) is 11.3. The molecule has 1 heterocycles. The van der Waals surface area contributed by atoms with Crippen LogP contribution in [0.5, 0.6) is 0 Å². The van der Waals surface area contributed by atoms with E-state index in [0.717, 1.165) is 32.3 Å². The number of nitrogens with one attached hydrogen (secondary N) is 1. The highest BCUT2D eigenvalue weighted by Gasteiger charge is 2.17. The Morgan fingerprint density at radius 1 is 1.41 bits per heavy atom. The quantitative estimate of drug-likeness (QED) is 0.520. The summed E-state index contributed by atoms with van der Waals surface area (Å²) in [6.07, 6.45) is 7.49. The van der Waals surface area contributed by atoms with Crippen LogP contribution in [0.2, 0.25) is 0 Å². The van der Waals surface area contributed by atoms with Crippen LogP contribution in [-0.2, 0) is 14.6 Å². The van der Waals surface area contributed by atoms with Crippen molar-refractivity contribution in [2.45, 2.75) is 50.7 Å². The molecular weight excluding hydrogens is 240 g/mol. The lowest BCUT2D eigenvalue weighted by Gasteiger charge is -2.24. The second kappa shape index (κ2) is 7.31. The van der Waals surface area contributed by atoms with Gasteiger partial charge in [-0.3, -0.25) is 11.3 Å². The van der Waals surface area contributed by atoms with Crippen LogP contribution in [0.4, 0.5) is 0 Å². The summed E-state index contributed by atoms with van der Waals surface area (Å²) in [4.78, 5) is 0. The van der Waals surface area contributed by atoms with Gasteiger partial charge in [0.1, 0.15) is 9.84 Å². The molecule has 17 heavy (non-hydrogen) atoms. The van der Waals surface area contributed by atoms with Crippen molar-refractivity contribution in [3.63, 3.8) is 0 Å². The van der Waals surface area contributed by atoms with Gasteiger partial charge in [-0.15, -0.1) is 0 Å². The smallest absolute Gasteiger partial charge is 0.147 e. The fourth-order valence-electron chi connectivity index (χ4n) is 2.09. The lowest BCUT2D eigenvalue weighted by Crippen LogP contribution is -2.37. The second-order valence-corrected chi connectivity index (χ2v) is 7.11. The molecule has 0 aromatic carbocycles. The maximum Gasteiger partial charge on any atom is 0.147 e. The SMILES string of the molecule is CS(=O)(=O)CCC(CCC1CCCCO1)NN. The Bertz CT molecular complexity index is 300. The molecule has 1 fully saturated rings. The Kier molecular flexibility index (Phi) is 6.40. The summed E-state index contributed by atoms with van der Waals surface area (Å²) in [7, 11) is -2.90. The highest BCUT2D eigenvalue weighted by Crippen LogP contribution is 2.18. The van der Waals surface area contributed by atoms with Crippen molar-refractivity contribution in [3.8, 4) is 0 Å². The number of sulfone groups is 1. The third kappa shape index (κ3) is 6.98. The van der Waals surface area contributed by atoms with Gasteiger partial charge in [0.15, 0.2) is 0 Å². The van der Waals surface area contributed by atoms with Gasteiger partial charge in [0.05, 0.1) is 11.9 Å². The molecule has 6 heteroatoms. The van der Waals surface area contributed by atoms with E-state index in [1.54, 1.807) is 0 Å². The predicted molar refractivity (Wildman–Crippen MR) is 68.3 cm³/mol. The van der Waals surface area contributed by atoms with Gasteiger partial charge in [-0.25, -0.2) is 8.42 Å². The average molecular weight is 264 g/mol. The number of rotatable bonds is 7. The number of hydrogen-bond donors (Lipinski definition) is 2. The number of nitrogens with two attached hydrogens (primary N) is 1. The molecule has 5 nitrogen and oxygen atoms in total. The zero-order valence-electron chi connectivity index (χ0n) is 10.5. The normalized spacial score (nSPS) is 23.5. The summed E-state index contributed by atoms with van der Waals surface area (Å²) < 4.78 is 27.8. The van der Waals surface area contributed by atoms with Crippen LogP contribution in [0.15, 0.2) is 0 Å². The third-order valence-corrected chi connectivity index (χ3v) is 4.16. The van der Waals surface area contributed by atoms with Crippen LogP contribution in [0, 0.1) is 0 Å².